The van der Waals surface area contributed by atoms with Crippen molar-refractivity contribution in [2.45, 2.75) is 9.79 Å². The molecule has 0 bridgehead atoms. The number of benzene rings is 6. The van der Waals surface area contributed by atoms with Gasteiger partial charge < -0.3 is 18.6 Å². The number of phenols is 2. The number of aromatic hydroxyl groups is 2. The zero-order valence-corrected chi connectivity index (χ0v) is 25.9. The van der Waals surface area contributed by atoms with Gasteiger partial charge >= 0.3 is 31.6 Å². The van der Waals surface area contributed by atoms with Gasteiger partial charge in [-0.3, -0.25) is 4.79 Å². The molecular weight excluding hydrogens is 661 g/mol. The van der Waals surface area contributed by atoms with Gasteiger partial charge in [0.05, 0.1) is 17.7 Å². The summed E-state index contributed by atoms with van der Waals surface area (Å²) in [5.41, 5.74) is -1.05. The fourth-order valence-corrected chi connectivity index (χ4v) is 7.40. The van der Waals surface area contributed by atoms with Crippen LogP contribution in [0.2, 0.25) is 0 Å². The summed E-state index contributed by atoms with van der Waals surface area (Å²) in [6.07, 6.45) is 0. The lowest BCUT2D eigenvalue weighted by Crippen LogP contribution is -2.15. The van der Waals surface area contributed by atoms with E-state index in [1.54, 1.807) is 18.2 Å². The average molecular weight is 681 g/mol. The first-order chi connectivity index (χ1) is 22.9. The lowest BCUT2D eigenvalue weighted by Gasteiger charge is -2.15. The molecule has 6 aromatic carbocycles. The van der Waals surface area contributed by atoms with Crippen molar-refractivity contribution in [1.29, 1.82) is 10.8 Å². The minimum atomic E-state index is -4.89. The molecule has 0 aliphatic rings. The van der Waals surface area contributed by atoms with Crippen LogP contribution in [0, 0.1) is 10.8 Å². The Kier molecular flexibility index (Phi) is 7.85. The summed E-state index contributed by atoms with van der Waals surface area (Å²) in [6.45, 7) is 0. The SMILES string of the molecule is N#[N+]c1cc(S(=O)(=O)Oc2ccc(C(=O)c3ccccc3)c(OS(=O)(=O)c3cc([N+]#N)c(O)c4ccccc34)c2)c2ccccc2c1O. The van der Waals surface area contributed by atoms with Crippen LogP contribution in [0.4, 0.5) is 11.4 Å². The molecule has 236 valence electrons. The maximum absolute atomic E-state index is 13.8. The van der Waals surface area contributed by atoms with Crippen molar-refractivity contribution in [2.75, 3.05) is 0 Å². The molecule has 0 heterocycles. The van der Waals surface area contributed by atoms with E-state index in [-0.39, 0.29) is 32.7 Å². The third-order valence-electron chi connectivity index (χ3n) is 7.31. The molecule has 0 spiro atoms. The van der Waals surface area contributed by atoms with Gasteiger partial charge in [-0.05, 0) is 12.1 Å². The Hall–Kier alpha value is -6.55. The molecular formula is C33H20N4O9S2+2. The zero-order chi connectivity index (χ0) is 34.2. The van der Waals surface area contributed by atoms with Gasteiger partial charge in [0, 0.05) is 33.2 Å². The van der Waals surface area contributed by atoms with Crippen molar-refractivity contribution in [3.05, 3.63) is 130 Å². The second-order valence-corrected chi connectivity index (χ2v) is 13.2. The number of nitrogens with zero attached hydrogens (tertiary/aromatic N) is 4. The molecule has 0 saturated carbocycles. The van der Waals surface area contributed by atoms with E-state index >= 15 is 0 Å². The second kappa shape index (κ2) is 12.0. The number of carbonyl (C=O) groups excluding carboxylic acids is 1. The van der Waals surface area contributed by atoms with Gasteiger partial charge in [-0.25, -0.2) is 0 Å². The lowest BCUT2D eigenvalue weighted by atomic mass is 10.0. The van der Waals surface area contributed by atoms with Gasteiger partial charge in [0.1, 0.15) is 15.5 Å². The van der Waals surface area contributed by atoms with Crippen LogP contribution in [-0.2, 0) is 20.2 Å². The highest BCUT2D eigenvalue weighted by Crippen LogP contribution is 2.42. The van der Waals surface area contributed by atoms with Crippen molar-refractivity contribution < 1.29 is 40.2 Å². The van der Waals surface area contributed by atoms with E-state index in [0.717, 1.165) is 30.3 Å². The summed E-state index contributed by atoms with van der Waals surface area (Å²) >= 11 is 0. The van der Waals surface area contributed by atoms with Crippen LogP contribution in [0.3, 0.4) is 0 Å². The normalized spacial score (nSPS) is 11.5. The van der Waals surface area contributed by atoms with Gasteiger partial charge in [0.25, 0.3) is 0 Å². The number of carbonyl (C=O) groups is 1. The Morgan fingerprint density at radius 2 is 1.04 bits per heavy atom. The maximum atomic E-state index is 13.8. The summed E-state index contributed by atoms with van der Waals surface area (Å²) in [6, 6.07) is 24.3. The van der Waals surface area contributed by atoms with Crippen molar-refractivity contribution in [2.24, 2.45) is 0 Å². The van der Waals surface area contributed by atoms with Crippen LogP contribution >= 0.6 is 0 Å². The molecule has 13 nitrogen and oxygen atoms in total. The molecule has 0 amide bonds. The molecule has 0 atom stereocenters. The highest BCUT2D eigenvalue weighted by Gasteiger charge is 2.32. The molecule has 48 heavy (non-hydrogen) atoms. The fourth-order valence-electron chi connectivity index (χ4n) is 5.08. The minimum Gasteiger partial charge on any atom is -0.501 e. The van der Waals surface area contributed by atoms with E-state index in [4.69, 9.17) is 8.37 Å². The zero-order valence-electron chi connectivity index (χ0n) is 24.2. The molecule has 0 unspecified atom stereocenters. The Labute approximate surface area is 272 Å². The van der Waals surface area contributed by atoms with Gasteiger partial charge in [-0.2, -0.15) is 16.8 Å². The summed E-state index contributed by atoms with van der Waals surface area (Å²) in [4.78, 5) is 18.4. The van der Waals surface area contributed by atoms with Gasteiger partial charge in [-0.15, -0.1) is 0 Å². The Morgan fingerprint density at radius 3 is 1.54 bits per heavy atom. The van der Waals surface area contributed by atoms with E-state index in [9.17, 15) is 42.6 Å². The van der Waals surface area contributed by atoms with Crippen LogP contribution in [0.25, 0.3) is 31.5 Å². The number of ketones is 1. The minimum absolute atomic E-state index is 0.00220. The van der Waals surface area contributed by atoms with E-state index in [1.165, 1.54) is 60.7 Å². The number of fused-ring (bicyclic) bond motifs is 2. The van der Waals surface area contributed by atoms with Gasteiger partial charge in [-0.1, -0.05) is 78.9 Å². The summed E-state index contributed by atoms with van der Waals surface area (Å²) in [5, 5.41) is 39.8. The lowest BCUT2D eigenvalue weighted by molar-refractivity contribution is 0.103. The highest BCUT2D eigenvalue weighted by molar-refractivity contribution is 7.87. The van der Waals surface area contributed by atoms with Crippen LogP contribution in [0.5, 0.6) is 23.0 Å². The third-order valence-corrected chi connectivity index (χ3v) is 9.87. The number of hydrogen-bond acceptors (Lipinski definition) is 11. The Morgan fingerprint density at radius 1 is 0.583 bits per heavy atom. The first-order valence-corrected chi connectivity index (χ1v) is 16.6. The molecule has 0 aliphatic heterocycles. The van der Waals surface area contributed by atoms with Crippen LogP contribution in [-0.4, -0.2) is 32.8 Å². The third kappa shape index (κ3) is 5.56. The maximum Gasteiger partial charge on any atom is 0.428 e. The largest absolute Gasteiger partial charge is 0.501 e. The first kappa shape index (κ1) is 31.4. The summed E-state index contributed by atoms with van der Waals surface area (Å²) in [5.74, 6) is -2.72. The van der Waals surface area contributed by atoms with E-state index in [0.29, 0.717) is 0 Å². The molecule has 6 rings (SSSR count). The van der Waals surface area contributed by atoms with Crippen molar-refractivity contribution >= 4 is 58.9 Å². The van der Waals surface area contributed by atoms with Crippen LogP contribution < -0.4 is 8.37 Å². The molecule has 0 saturated heterocycles. The highest BCUT2D eigenvalue weighted by atomic mass is 32.2. The predicted octanol–water partition coefficient (Wildman–Crippen LogP) is 7.14. The first-order valence-electron chi connectivity index (χ1n) is 13.8. The smallest absolute Gasteiger partial charge is 0.428 e. The van der Waals surface area contributed by atoms with Gasteiger partial charge in [0.2, 0.25) is 22.3 Å². The topological polar surface area (TPSA) is 201 Å². The van der Waals surface area contributed by atoms with E-state index in [1.807, 2.05) is 0 Å². The molecule has 0 fully saturated rings. The molecule has 0 radical (unpaired) electrons. The summed E-state index contributed by atoms with van der Waals surface area (Å²) in [7, 11) is -9.66. The van der Waals surface area contributed by atoms with Crippen molar-refractivity contribution in [3.8, 4) is 23.0 Å². The quantitative estimate of drug-likeness (QED) is 0.0940. The van der Waals surface area contributed by atoms with E-state index in [2.05, 4.69) is 9.95 Å². The number of phenolic OH excluding ortho intramolecular Hbond substituents is 2. The van der Waals surface area contributed by atoms with Crippen LogP contribution in [0.15, 0.2) is 119 Å². The van der Waals surface area contributed by atoms with Crippen molar-refractivity contribution in [1.82, 2.24) is 0 Å². The average Bonchev–Trinajstić information content (AvgIpc) is 3.08. The monoisotopic (exact) mass is 680 g/mol. The Balaban J connectivity index is 1.49. The summed E-state index contributed by atoms with van der Waals surface area (Å²) < 4.78 is 65.7. The molecule has 0 aliphatic carbocycles. The van der Waals surface area contributed by atoms with Crippen LogP contribution in [0.1, 0.15) is 15.9 Å². The molecule has 2 N–H and O–H groups in total. The van der Waals surface area contributed by atoms with Crippen molar-refractivity contribution in [3.63, 3.8) is 0 Å². The molecule has 0 aromatic heterocycles. The second-order valence-electron chi connectivity index (χ2n) is 10.2. The van der Waals surface area contributed by atoms with Gasteiger partial charge in [0.15, 0.2) is 21.5 Å². The van der Waals surface area contributed by atoms with E-state index < -0.39 is 70.2 Å². The number of rotatable bonds is 8. The number of diazo groups is 2. The predicted molar refractivity (Wildman–Crippen MR) is 173 cm³/mol. The molecule has 15 heteroatoms. The standard InChI is InChI=1S/C33H18N4O9S2/c34-36-26-17-29(21-10-4-6-12-23(21)32(26)39)47(41,42)45-20-14-15-25(31(38)19-8-2-1-3-9-19)28(16-20)46-48(43,44)30-18-27(37-35)33(40)24-13-7-5-11-22(24)30/h1-18H/p+2. The molecule has 6 aromatic rings. The fraction of sp³-hybridized carbons (Fsp3) is 0. The Bertz CT molecular complexity index is 2620. The number of hydrogen-bond donors (Lipinski definition) is 2.